The Bertz CT molecular complexity index is 85.6. The van der Waals surface area contributed by atoms with Crippen molar-refractivity contribution in [2.45, 2.75) is 39.2 Å². The molecule has 1 aliphatic rings. The van der Waals surface area contributed by atoms with E-state index in [1.165, 1.54) is 12.8 Å². The third-order valence-electron chi connectivity index (χ3n) is 2.31. The molecule has 1 heterocycles. The Labute approximate surface area is 70.8 Å². The summed E-state index contributed by atoms with van der Waals surface area (Å²) in [4.78, 5) is 0. The van der Waals surface area contributed by atoms with Crippen molar-refractivity contribution in [2.24, 2.45) is 0 Å². The first kappa shape index (κ1) is 10.9. The van der Waals surface area contributed by atoms with Gasteiger partial charge in [-0.25, -0.2) is 0 Å². The van der Waals surface area contributed by atoms with Crippen molar-refractivity contribution < 1.29 is 0 Å². The summed E-state index contributed by atoms with van der Waals surface area (Å²) >= 11 is 0. The molecule has 0 aliphatic carbocycles. The zero-order valence-electron chi connectivity index (χ0n) is 8.33. The second-order valence-corrected chi connectivity index (χ2v) is 3.06. The fourth-order valence-electron chi connectivity index (χ4n) is 1.23. The van der Waals surface area contributed by atoms with Gasteiger partial charge in [-0.05, 0) is 39.9 Å². The molecule has 2 heteroatoms. The van der Waals surface area contributed by atoms with Gasteiger partial charge in [-0.3, -0.25) is 0 Å². The van der Waals surface area contributed by atoms with E-state index >= 15 is 0 Å². The SMILES string of the molecule is CC.CNC1(C)CCNCC1. The third kappa shape index (κ3) is 3.73. The van der Waals surface area contributed by atoms with Gasteiger partial charge in [0.05, 0.1) is 0 Å². The predicted octanol–water partition coefficient (Wildman–Crippen LogP) is 1.37. The minimum absolute atomic E-state index is 0.408. The monoisotopic (exact) mass is 158 g/mol. The molecule has 1 rings (SSSR count). The molecule has 0 amide bonds. The van der Waals surface area contributed by atoms with Crippen molar-refractivity contribution in [1.29, 1.82) is 0 Å². The van der Waals surface area contributed by atoms with Crippen molar-refractivity contribution in [3.8, 4) is 0 Å². The fourth-order valence-corrected chi connectivity index (χ4v) is 1.23. The van der Waals surface area contributed by atoms with E-state index in [0.29, 0.717) is 5.54 Å². The molecule has 0 aromatic heterocycles. The van der Waals surface area contributed by atoms with Gasteiger partial charge in [0.1, 0.15) is 0 Å². The highest BCUT2D eigenvalue weighted by Gasteiger charge is 2.23. The van der Waals surface area contributed by atoms with E-state index in [4.69, 9.17) is 0 Å². The molecule has 2 N–H and O–H groups in total. The van der Waals surface area contributed by atoms with Gasteiger partial charge in [0.2, 0.25) is 0 Å². The first-order valence-corrected chi connectivity index (χ1v) is 4.66. The van der Waals surface area contributed by atoms with Crippen LogP contribution in [-0.2, 0) is 0 Å². The largest absolute Gasteiger partial charge is 0.317 e. The van der Waals surface area contributed by atoms with Crippen molar-refractivity contribution in [3.05, 3.63) is 0 Å². The lowest BCUT2D eigenvalue weighted by molar-refractivity contribution is 0.285. The number of hydrogen-bond acceptors (Lipinski definition) is 2. The minimum Gasteiger partial charge on any atom is -0.317 e. The second kappa shape index (κ2) is 5.56. The Balaban J connectivity index is 0.000000461. The van der Waals surface area contributed by atoms with E-state index in [1.807, 2.05) is 20.9 Å². The Morgan fingerprint density at radius 2 is 1.64 bits per heavy atom. The molecule has 0 spiro atoms. The van der Waals surface area contributed by atoms with Gasteiger partial charge in [0.25, 0.3) is 0 Å². The Kier molecular flexibility index (Phi) is 5.51. The summed E-state index contributed by atoms with van der Waals surface area (Å²) in [5.41, 5.74) is 0.408. The third-order valence-corrected chi connectivity index (χ3v) is 2.31. The molecule has 0 aromatic rings. The van der Waals surface area contributed by atoms with E-state index in [0.717, 1.165) is 13.1 Å². The average molecular weight is 158 g/mol. The highest BCUT2D eigenvalue weighted by molar-refractivity contribution is 4.86. The van der Waals surface area contributed by atoms with Gasteiger partial charge in [-0.2, -0.15) is 0 Å². The highest BCUT2D eigenvalue weighted by atomic mass is 15.0. The molecule has 0 unspecified atom stereocenters. The Hall–Kier alpha value is -0.0800. The lowest BCUT2D eigenvalue weighted by Gasteiger charge is -2.33. The standard InChI is InChI=1S/C7H16N2.C2H6/c1-7(8-2)3-5-9-6-4-7;1-2/h8-9H,3-6H2,1-2H3;1-2H3. The Morgan fingerprint density at radius 3 is 1.91 bits per heavy atom. The molecule has 1 saturated heterocycles. The van der Waals surface area contributed by atoms with Crippen LogP contribution in [0.4, 0.5) is 0 Å². The van der Waals surface area contributed by atoms with Crippen LogP contribution < -0.4 is 10.6 Å². The number of nitrogens with one attached hydrogen (secondary N) is 2. The van der Waals surface area contributed by atoms with Crippen LogP contribution in [0.25, 0.3) is 0 Å². The minimum atomic E-state index is 0.408. The molecule has 68 valence electrons. The molecule has 11 heavy (non-hydrogen) atoms. The van der Waals surface area contributed by atoms with Crippen LogP contribution in [0.5, 0.6) is 0 Å². The van der Waals surface area contributed by atoms with Crippen molar-refractivity contribution in [2.75, 3.05) is 20.1 Å². The molecule has 0 radical (unpaired) electrons. The van der Waals surface area contributed by atoms with Crippen molar-refractivity contribution in [1.82, 2.24) is 10.6 Å². The van der Waals surface area contributed by atoms with Crippen LogP contribution in [0, 0.1) is 0 Å². The van der Waals surface area contributed by atoms with Gasteiger partial charge in [0, 0.05) is 5.54 Å². The van der Waals surface area contributed by atoms with Gasteiger partial charge in [-0.15, -0.1) is 0 Å². The van der Waals surface area contributed by atoms with Crippen LogP contribution in [0.2, 0.25) is 0 Å². The van der Waals surface area contributed by atoms with Crippen LogP contribution >= 0.6 is 0 Å². The zero-order valence-corrected chi connectivity index (χ0v) is 8.33. The lowest BCUT2D eigenvalue weighted by Crippen LogP contribution is -2.48. The molecular weight excluding hydrogens is 136 g/mol. The molecule has 1 fully saturated rings. The van der Waals surface area contributed by atoms with Crippen LogP contribution in [0.1, 0.15) is 33.6 Å². The van der Waals surface area contributed by atoms with E-state index in [2.05, 4.69) is 17.6 Å². The highest BCUT2D eigenvalue weighted by Crippen LogP contribution is 2.15. The molecule has 0 atom stereocenters. The van der Waals surface area contributed by atoms with Crippen LogP contribution in [0.3, 0.4) is 0 Å². The van der Waals surface area contributed by atoms with Gasteiger partial charge >= 0.3 is 0 Å². The first-order valence-electron chi connectivity index (χ1n) is 4.66. The normalized spacial score (nSPS) is 21.8. The summed E-state index contributed by atoms with van der Waals surface area (Å²) in [6, 6.07) is 0. The van der Waals surface area contributed by atoms with E-state index < -0.39 is 0 Å². The summed E-state index contributed by atoms with van der Waals surface area (Å²) < 4.78 is 0. The molecule has 1 aliphatic heterocycles. The molecule has 0 aromatic carbocycles. The van der Waals surface area contributed by atoms with Gasteiger partial charge in [-0.1, -0.05) is 13.8 Å². The maximum atomic E-state index is 3.34. The van der Waals surface area contributed by atoms with Crippen molar-refractivity contribution >= 4 is 0 Å². The van der Waals surface area contributed by atoms with Gasteiger partial charge < -0.3 is 10.6 Å². The zero-order chi connectivity index (χ0) is 8.74. The maximum absolute atomic E-state index is 3.34. The summed E-state index contributed by atoms with van der Waals surface area (Å²) in [5, 5.41) is 6.67. The predicted molar refractivity (Wildman–Crippen MR) is 50.9 cm³/mol. The molecule has 0 saturated carbocycles. The average Bonchev–Trinajstić information content (AvgIpc) is 2.10. The van der Waals surface area contributed by atoms with Gasteiger partial charge in [0.15, 0.2) is 0 Å². The van der Waals surface area contributed by atoms with E-state index in [9.17, 15) is 0 Å². The number of hydrogen-bond donors (Lipinski definition) is 2. The number of piperidine rings is 1. The summed E-state index contributed by atoms with van der Waals surface area (Å²) in [6.45, 7) is 8.61. The smallest absolute Gasteiger partial charge is 0.0174 e. The van der Waals surface area contributed by atoms with Crippen LogP contribution in [-0.4, -0.2) is 25.7 Å². The van der Waals surface area contributed by atoms with E-state index in [1.54, 1.807) is 0 Å². The van der Waals surface area contributed by atoms with E-state index in [-0.39, 0.29) is 0 Å². The summed E-state index contributed by atoms with van der Waals surface area (Å²) in [6.07, 6.45) is 2.51. The topological polar surface area (TPSA) is 24.1 Å². The second-order valence-electron chi connectivity index (χ2n) is 3.06. The Morgan fingerprint density at radius 1 is 1.18 bits per heavy atom. The lowest BCUT2D eigenvalue weighted by atomic mass is 9.91. The number of rotatable bonds is 1. The van der Waals surface area contributed by atoms with Crippen LogP contribution in [0.15, 0.2) is 0 Å². The fraction of sp³-hybridized carbons (Fsp3) is 1.00. The molecule has 0 bridgehead atoms. The van der Waals surface area contributed by atoms with Crippen molar-refractivity contribution in [3.63, 3.8) is 0 Å². The quantitative estimate of drug-likeness (QED) is 0.602. The summed E-state index contributed by atoms with van der Waals surface area (Å²) in [5.74, 6) is 0. The molecule has 2 nitrogen and oxygen atoms in total. The molecular formula is C9H22N2. The first-order chi connectivity index (χ1) is 5.27. The summed E-state index contributed by atoms with van der Waals surface area (Å²) in [7, 11) is 2.05. The maximum Gasteiger partial charge on any atom is 0.0174 e.